The van der Waals surface area contributed by atoms with Crippen molar-refractivity contribution >= 4 is 34.8 Å². The molecule has 0 amide bonds. The van der Waals surface area contributed by atoms with Gasteiger partial charge < -0.3 is 10.1 Å². The SMILES string of the molecule is [C-]#[N+]c1c(-c2cccs2)nc(SCC(=O)O)[nH]c1=O. The van der Waals surface area contributed by atoms with Crippen LogP contribution in [0.4, 0.5) is 5.69 Å². The molecule has 2 heterocycles. The van der Waals surface area contributed by atoms with Gasteiger partial charge in [-0.3, -0.25) is 9.59 Å². The number of nitrogens with one attached hydrogen (secondary N) is 1. The van der Waals surface area contributed by atoms with E-state index < -0.39 is 11.5 Å². The number of hydrogen-bond donors (Lipinski definition) is 2. The zero-order chi connectivity index (χ0) is 13.8. The molecule has 0 aliphatic heterocycles. The van der Waals surface area contributed by atoms with Crippen LogP contribution in [0.25, 0.3) is 15.4 Å². The molecule has 6 nitrogen and oxygen atoms in total. The largest absolute Gasteiger partial charge is 0.481 e. The minimum absolute atomic E-state index is 0.0814. The number of rotatable bonds is 4. The first-order valence-electron chi connectivity index (χ1n) is 5.02. The van der Waals surface area contributed by atoms with Crippen molar-refractivity contribution in [3.8, 4) is 10.6 Å². The first-order chi connectivity index (χ1) is 9.11. The molecule has 2 rings (SSSR count). The quantitative estimate of drug-likeness (QED) is 0.513. The highest BCUT2D eigenvalue weighted by Crippen LogP contribution is 2.30. The van der Waals surface area contributed by atoms with Crippen molar-refractivity contribution in [1.29, 1.82) is 0 Å². The lowest BCUT2D eigenvalue weighted by molar-refractivity contribution is -0.133. The number of H-pyrrole nitrogens is 1. The fourth-order valence-electron chi connectivity index (χ4n) is 1.33. The number of carboxylic acids is 1. The number of aliphatic carboxylic acids is 1. The highest BCUT2D eigenvalue weighted by molar-refractivity contribution is 7.99. The summed E-state index contributed by atoms with van der Waals surface area (Å²) >= 11 is 2.27. The van der Waals surface area contributed by atoms with Crippen LogP contribution in [0.15, 0.2) is 27.5 Å². The molecule has 0 radical (unpaired) electrons. The second kappa shape index (κ2) is 5.69. The van der Waals surface area contributed by atoms with E-state index in [4.69, 9.17) is 11.7 Å². The van der Waals surface area contributed by atoms with Crippen LogP contribution < -0.4 is 5.56 Å². The molecule has 0 saturated heterocycles. The molecule has 0 atom stereocenters. The molecule has 0 saturated carbocycles. The Labute approximate surface area is 116 Å². The number of aromatic nitrogens is 2. The minimum Gasteiger partial charge on any atom is -0.481 e. The molecular weight excluding hydrogens is 286 g/mol. The summed E-state index contributed by atoms with van der Waals surface area (Å²) in [6.07, 6.45) is 0. The maximum atomic E-state index is 11.8. The average molecular weight is 293 g/mol. The molecule has 19 heavy (non-hydrogen) atoms. The summed E-state index contributed by atoms with van der Waals surface area (Å²) < 4.78 is 0. The molecule has 8 heteroatoms. The van der Waals surface area contributed by atoms with Crippen LogP contribution in [0, 0.1) is 6.57 Å². The fraction of sp³-hybridized carbons (Fsp3) is 0.0909. The molecule has 2 aromatic heterocycles. The Morgan fingerprint density at radius 1 is 1.63 bits per heavy atom. The van der Waals surface area contributed by atoms with Gasteiger partial charge in [0.1, 0.15) is 0 Å². The first-order valence-corrected chi connectivity index (χ1v) is 6.88. The first kappa shape index (κ1) is 13.3. The van der Waals surface area contributed by atoms with Crippen LogP contribution in [0.3, 0.4) is 0 Å². The van der Waals surface area contributed by atoms with E-state index in [9.17, 15) is 9.59 Å². The number of carbonyl (C=O) groups is 1. The summed E-state index contributed by atoms with van der Waals surface area (Å²) in [6.45, 7) is 7.04. The van der Waals surface area contributed by atoms with Gasteiger partial charge in [-0.15, -0.1) is 11.3 Å². The maximum Gasteiger partial charge on any atom is 0.313 e. The lowest BCUT2D eigenvalue weighted by atomic mass is 10.3. The zero-order valence-corrected chi connectivity index (χ0v) is 11.0. The molecule has 0 fully saturated rings. The van der Waals surface area contributed by atoms with Crippen molar-refractivity contribution in [2.45, 2.75) is 5.16 Å². The number of hydrogen-bond acceptors (Lipinski definition) is 5. The van der Waals surface area contributed by atoms with Crippen LogP contribution in [-0.2, 0) is 4.79 Å². The molecule has 0 bridgehead atoms. The van der Waals surface area contributed by atoms with Crippen LogP contribution >= 0.6 is 23.1 Å². The Bertz CT molecular complexity index is 701. The number of thioether (sulfide) groups is 1. The highest BCUT2D eigenvalue weighted by atomic mass is 32.2. The number of aromatic amines is 1. The van der Waals surface area contributed by atoms with Gasteiger partial charge in [0.05, 0.1) is 18.0 Å². The van der Waals surface area contributed by atoms with Gasteiger partial charge in [-0.05, 0) is 11.4 Å². The normalized spacial score (nSPS) is 10.1. The van der Waals surface area contributed by atoms with Gasteiger partial charge in [0, 0.05) is 4.88 Å². The van der Waals surface area contributed by atoms with E-state index in [-0.39, 0.29) is 16.6 Å². The van der Waals surface area contributed by atoms with Gasteiger partial charge in [0.2, 0.25) is 0 Å². The predicted molar refractivity (Wildman–Crippen MR) is 72.8 cm³/mol. The van der Waals surface area contributed by atoms with Gasteiger partial charge in [-0.1, -0.05) is 17.8 Å². The van der Waals surface area contributed by atoms with Gasteiger partial charge in [0.25, 0.3) is 11.2 Å². The Kier molecular flexibility index (Phi) is 3.99. The van der Waals surface area contributed by atoms with E-state index in [1.165, 1.54) is 11.3 Å². The van der Waals surface area contributed by atoms with Crippen molar-refractivity contribution in [1.82, 2.24) is 9.97 Å². The van der Waals surface area contributed by atoms with E-state index in [0.29, 0.717) is 10.6 Å². The van der Waals surface area contributed by atoms with E-state index in [1.54, 1.807) is 12.1 Å². The Hall–Kier alpha value is -2.11. The Balaban J connectivity index is 2.49. The van der Waals surface area contributed by atoms with E-state index in [2.05, 4.69) is 14.8 Å². The van der Waals surface area contributed by atoms with Crippen molar-refractivity contribution in [3.05, 3.63) is 39.3 Å². The van der Waals surface area contributed by atoms with Gasteiger partial charge in [-0.25, -0.2) is 9.83 Å². The molecule has 0 aromatic carbocycles. The third-order valence-electron chi connectivity index (χ3n) is 2.07. The summed E-state index contributed by atoms with van der Waals surface area (Å²) in [4.78, 5) is 32.7. The summed E-state index contributed by atoms with van der Waals surface area (Å²) in [5.74, 6) is -1.20. The molecule has 0 spiro atoms. The monoisotopic (exact) mass is 293 g/mol. The topological polar surface area (TPSA) is 87.4 Å². The fourth-order valence-corrected chi connectivity index (χ4v) is 2.63. The molecule has 0 unspecified atom stereocenters. The molecule has 0 aliphatic carbocycles. The van der Waals surface area contributed by atoms with Crippen LogP contribution in [0.2, 0.25) is 0 Å². The van der Waals surface area contributed by atoms with Crippen molar-refractivity contribution in [2.75, 3.05) is 5.75 Å². The lowest BCUT2D eigenvalue weighted by Gasteiger charge is -2.03. The molecule has 2 aromatic rings. The Morgan fingerprint density at radius 3 is 3.00 bits per heavy atom. The summed E-state index contributed by atoms with van der Waals surface area (Å²) in [5, 5.41) is 10.6. The number of thiophene rings is 1. The van der Waals surface area contributed by atoms with Crippen molar-refractivity contribution in [3.63, 3.8) is 0 Å². The van der Waals surface area contributed by atoms with E-state index >= 15 is 0 Å². The van der Waals surface area contributed by atoms with Crippen molar-refractivity contribution in [2.24, 2.45) is 0 Å². The van der Waals surface area contributed by atoms with E-state index in [1.807, 2.05) is 5.38 Å². The van der Waals surface area contributed by atoms with Gasteiger partial charge in [0.15, 0.2) is 5.16 Å². The van der Waals surface area contributed by atoms with Crippen LogP contribution in [0.5, 0.6) is 0 Å². The summed E-state index contributed by atoms with van der Waals surface area (Å²) in [6, 6.07) is 3.55. The highest BCUT2D eigenvalue weighted by Gasteiger charge is 2.15. The molecular formula is C11H7N3O3S2. The Morgan fingerprint density at radius 2 is 2.42 bits per heavy atom. The second-order valence-electron chi connectivity index (χ2n) is 3.34. The zero-order valence-electron chi connectivity index (χ0n) is 9.41. The molecule has 2 N–H and O–H groups in total. The number of carboxylic acid groups (broad SMARTS) is 1. The molecule has 0 aliphatic rings. The smallest absolute Gasteiger partial charge is 0.313 e. The summed E-state index contributed by atoms with van der Waals surface area (Å²) in [5.41, 5.74) is -0.343. The lowest BCUT2D eigenvalue weighted by Crippen LogP contribution is -2.10. The maximum absolute atomic E-state index is 11.8. The van der Waals surface area contributed by atoms with Crippen molar-refractivity contribution < 1.29 is 9.90 Å². The van der Waals surface area contributed by atoms with Crippen LogP contribution in [0.1, 0.15) is 0 Å². The van der Waals surface area contributed by atoms with Gasteiger partial charge in [-0.2, -0.15) is 0 Å². The number of nitrogens with zero attached hydrogens (tertiary/aromatic N) is 2. The average Bonchev–Trinajstić information content (AvgIpc) is 2.89. The third kappa shape index (κ3) is 3.01. The van der Waals surface area contributed by atoms with Gasteiger partial charge >= 0.3 is 5.97 Å². The molecule has 96 valence electrons. The predicted octanol–water partition coefficient (Wildman–Crippen LogP) is 2.23. The third-order valence-corrected chi connectivity index (χ3v) is 3.81. The standard InChI is InChI=1S/C11H7N3O3S2/c1-12-9-8(6-3-2-4-18-6)13-11(14-10(9)17)19-5-7(15)16/h2-4H,5H2,(H,15,16)(H,13,14,17). The minimum atomic E-state index is -1.00. The van der Waals surface area contributed by atoms with E-state index in [0.717, 1.165) is 11.8 Å². The summed E-state index contributed by atoms with van der Waals surface area (Å²) in [7, 11) is 0. The second-order valence-corrected chi connectivity index (χ2v) is 5.25. The van der Waals surface area contributed by atoms with Crippen LogP contribution in [-0.4, -0.2) is 26.8 Å².